The fraction of sp³-hybridized carbons (Fsp3) is 0.500. The summed E-state index contributed by atoms with van der Waals surface area (Å²) in [5.41, 5.74) is 1.36. The summed E-state index contributed by atoms with van der Waals surface area (Å²) in [6.07, 6.45) is 2.68. The van der Waals surface area contributed by atoms with Crippen molar-refractivity contribution in [1.82, 2.24) is 15.5 Å². The molecule has 1 atom stereocenters. The first-order valence-corrected chi connectivity index (χ1v) is 9.45. The van der Waals surface area contributed by atoms with E-state index in [-0.39, 0.29) is 37.4 Å². The zero-order chi connectivity index (χ0) is 20.3. The molecule has 28 heavy (non-hydrogen) atoms. The van der Waals surface area contributed by atoms with Gasteiger partial charge in [-0.3, -0.25) is 19.3 Å². The minimum Gasteiger partial charge on any atom is -0.456 e. The Hall–Kier alpha value is -2.90. The van der Waals surface area contributed by atoms with Crippen LogP contribution in [0.25, 0.3) is 0 Å². The Kier molecular flexibility index (Phi) is 5.67. The van der Waals surface area contributed by atoms with Crippen LogP contribution in [0.3, 0.4) is 0 Å². The summed E-state index contributed by atoms with van der Waals surface area (Å²) < 4.78 is 4.99. The number of esters is 1. The van der Waals surface area contributed by atoms with Gasteiger partial charge in [-0.25, -0.2) is 4.79 Å². The highest BCUT2D eigenvalue weighted by Gasteiger charge is 2.44. The summed E-state index contributed by atoms with van der Waals surface area (Å²) in [5, 5.41) is 5.45. The highest BCUT2D eigenvalue weighted by atomic mass is 16.5. The van der Waals surface area contributed by atoms with Gasteiger partial charge in [0.15, 0.2) is 6.61 Å². The minimum atomic E-state index is -0.975. The molecular formula is C20H25N3O5. The molecule has 2 N–H and O–H groups in total. The molecule has 0 aromatic heterocycles. The molecule has 1 aromatic rings. The molecule has 0 saturated carbocycles. The second-order valence-corrected chi connectivity index (χ2v) is 7.63. The van der Waals surface area contributed by atoms with Crippen LogP contribution in [0.4, 0.5) is 4.79 Å². The largest absolute Gasteiger partial charge is 0.456 e. The molecule has 1 fully saturated rings. The molecule has 1 aliphatic heterocycles. The summed E-state index contributed by atoms with van der Waals surface area (Å²) in [4.78, 5) is 48.9. The third-order valence-corrected chi connectivity index (χ3v) is 5.05. The van der Waals surface area contributed by atoms with Crippen LogP contribution in [0.15, 0.2) is 24.3 Å². The molecule has 8 nitrogen and oxygen atoms in total. The Morgan fingerprint density at radius 3 is 2.75 bits per heavy atom. The van der Waals surface area contributed by atoms with Crippen molar-refractivity contribution in [3.63, 3.8) is 0 Å². The molecule has 8 heteroatoms. The van der Waals surface area contributed by atoms with E-state index in [1.165, 1.54) is 5.56 Å². The number of hydrogen-bond donors (Lipinski definition) is 2. The van der Waals surface area contributed by atoms with Gasteiger partial charge in [-0.1, -0.05) is 24.3 Å². The number of hydrogen-bond acceptors (Lipinski definition) is 5. The van der Waals surface area contributed by atoms with E-state index in [4.69, 9.17) is 4.74 Å². The first kappa shape index (κ1) is 19.9. The standard InChI is InChI=1S/C20H25N3O5/c1-20(2)18(26)23(19(27)22-20)11-10-17(25)28-12-16(24)21-15-9-5-7-13-6-3-4-8-14(13)15/h3-4,6,8,15H,5,7,9-12H2,1-2H3,(H,21,24)(H,22,27)/t15-/m0/s1. The molecule has 1 heterocycles. The maximum atomic E-state index is 12.2. The van der Waals surface area contributed by atoms with E-state index >= 15 is 0 Å². The van der Waals surface area contributed by atoms with Crippen LogP contribution in [-0.4, -0.2) is 47.4 Å². The van der Waals surface area contributed by atoms with Gasteiger partial charge in [0.2, 0.25) is 0 Å². The summed E-state index contributed by atoms with van der Waals surface area (Å²) >= 11 is 0. The van der Waals surface area contributed by atoms with Gasteiger partial charge in [-0.05, 0) is 44.2 Å². The molecule has 4 amide bonds. The number of fused-ring (bicyclic) bond motifs is 1. The van der Waals surface area contributed by atoms with Crippen molar-refractivity contribution in [3.05, 3.63) is 35.4 Å². The normalized spacial score (nSPS) is 20.4. The Bertz CT molecular complexity index is 805. The molecule has 0 radical (unpaired) electrons. The Balaban J connectivity index is 1.43. The van der Waals surface area contributed by atoms with Crippen molar-refractivity contribution >= 4 is 23.8 Å². The van der Waals surface area contributed by atoms with Crippen molar-refractivity contribution in [1.29, 1.82) is 0 Å². The second-order valence-electron chi connectivity index (χ2n) is 7.63. The van der Waals surface area contributed by atoms with Gasteiger partial charge < -0.3 is 15.4 Å². The summed E-state index contributed by atoms with van der Waals surface area (Å²) in [7, 11) is 0. The van der Waals surface area contributed by atoms with Crippen molar-refractivity contribution < 1.29 is 23.9 Å². The lowest BCUT2D eigenvalue weighted by molar-refractivity contribution is -0.149. The molecule has 1 saturated heterocycles. The molecule has 1 aromatic carbocycles. The van der Waals surface area contributed by atoms with E-state index in [9.17, 15) is 19.2 Å². The number of carbonyl (C=O) groups is 4. The van der Waals surface area contributed by atoms with Crippen LogP contribution >= 0.6 is 0 Å². The average Bonchev–Trinajstić information content (AvgIpc) is 2.85. The lowest BCUT2D eigenvalue weighted by Gasteiger charge is -2.26. The first-order chi connectivity index (χ1) is 13.3. The number of rotatable bonds is 6. The summed E-state index contributed by atoms with van der Waals surface area (Å²) in [5.74, 6) is -1.39. The number of ether oxygens (including phenoxy) is 1. The van der Waals surface area contributed by atoms with Crippen LogP contribution in [0, 0.1) is 0 Å². The maximum absolute atomic E-state index is 12.2. The first-order valence-electron chi connectivity index (χ1n) is 9.45. The van der Waals surface area contributed by atoms with Crippen LogP contribution in [0.5, 0.6) is 0 Å². The predicted octanol–water partition coefficient (Wildman–Crippen LogP) is 1.44. The van der Waals surface area contributed by atoms with Gasteiger partial charge in [-0.15, -0.1) is 0 Å². The number of amides is 4. The zero-order valence-corrected chi connectivity index (χ0v) is 16.1. The zero-order valence-electron chi connectivity index (χ0n) is 16.1. The highest BCUT2D eigenvalue weighted by Crippen LogP contribution is 2.29. The number of imide groups is 1. The fourth-order valence-corrected chi connectivity index (χ4v) is 3.58. The number of carbonyl (C=O) groups excluding carboxylic acids is 4. The number of nitrogens with zero attached hydrogens (tertiary/aromatic N) is 1. The second kappa shape index (κ2) is 8.00. The molecule has 2 aliphatic rings. The van der Waals surface area contributed by atoms with E-state index in [2.05, 4.69) is 16.7 Å². The topological polar surface area (TPSA) is 105 Å². The highest BCUT2D eigenvalue weighted by molar-refractivity contribution is 6.06. The number of nitrogens with one attached hydrogen (secondary N) is 2. The monoisotopic (exact) mass is 387 g/mol. The van der Waals surface area contributed by atoms with Gasteiger partial charge in [0, 0.05) is 6.54 Å². The quantitative estimate of drug-likeness (QED) is 0.568. The predicted molar refractivity (Wildman–Crippen MR) is 100 cm³/mol. The van der Waals surface area contributed by atoms with Crippen molar-refractivity contribution in [2.24, 2.45) is 0 Å². The molecule has 0 bridgehead atoms. The molecule has 3 rings (SSSR count). The smallest absolute Gasteiger partial charge is 0.325 e. The van der Waals surface area contributed by atoms with E-state index in [1.807, 2.05) is 18.2 Å². The third kappa shape index (κ3) is 4.32. The van der Waals surface area contributed by atoms with Crippen molar-refractivity contribution in [3.8, 4) is 0 Å². The van der Waals surface area contributed by atoms with Crippen molar-refractivity contribution in [2.75, 3.05) is 13.2 Å². The summed E-state index contributed by atoms with van der Waals surface area (Å²) in [6.45, 7) is 2.73. The molecular weight excluding hydrogens is 362 g/mol. The van der Waals surface area contributed by atoms with E-state index < -0.39 is 17.5 Å². The van der Waals surface area contributed by atoms with Crippen LogP contribution in [0.1, 0.15) is 50.3 Å². The molecule has 0 spiro atoms. The number of urea groups is 1. The Morgan fingerprint density at radius 2 is 2.04 bits per heavy atom. The fourth-order valence-electron chi connectivity index (χ4n) is 3.58. The van der Waals surface area contributed by atoms with Gasteiger partial charge in [-0.2, -0.15) is 0 Å². The van der Waals surface area contributed by atoms with E-state index in [0.29, 0.717) is 0 Å². The van der Waals surface area contributed by atoms with Gasteiger partial charge >= 0.3 is 12.0 Å². The van der Waals surface area contributed by atoms with E-state index in [0.717, 1.165) is 29.7 Å². The van der Waals surface area contributed by atoms with Gasteiger partial charge in [0.1, 0.15) is 5.54 Å². The number of benzene rings is 1. The molecule has 0 unspecified atom stereocenters. The maximum Gasteiger partial charge on any atom is 0.325 e. The summed E-state index contributed by atoms with van der Waals surface area (Å²) in [6, 6.07) is 7.38. The van der Waals surface area contributed by atoms with Crippen molar-refractivity contribution in [2.45, 2.75) is 51.1 Å². The van der Waals surface area contributed by atoms with Crippen LogP contribution in [-0.2, 0) is 25.5 Å². The minimum absolute atomic E-state index is 0.0788. The van der Waals surface area contributed by atoms with Gasteiger partial charge in [0.05, 0.1) is 12.5 Å². The Labute approximate surface area is 163 Å². The van der Waals surface area contributed by atoms with E-state index in [1.54, 1.807) is 13.8 Å². The molecule has 1 aliphatic carbocycles. The lowest BCUT2D eigenvalue weighted by Crippen LogP contribution is -2.40. The average molecular weight is 387 g/mol. The lowest BCUT2D eigenvalue weighted by atomic mass is 9.88. The number of aryl methyl sites for hydroxylation is 1. The van der Waals surface area contributed by atoms with Crippen LogP contribution in [0.2, 0.25) is 0 Å². The third-order valence-electron chi connectivity index (χ3n) is 5.05. The Morgan fingerprint density at radius 1 is 1.29 bits per heavy atom. The van der Waals surface area contributed by atoms with Crippen LogP contribution < -0.4 is 10.6 Å². The SMILES string of the molecule is CC1(C)NC(=O)N(CCC(=O)OCC(=O)N[C@H]2CCCc3ccccc32)C1=O. The van der Waals surface area contributed by atoms with Gasteiger partial charge in [0.25, 0.3) is 11.8 Å². The molecule has 150 valence electrons.